The minimum absolute atomic E-state index is 0.0523. The fraction of sp³-hybridized carbons (Fsp3) is 0.500. The van der Waals surface area contributed by atoms with E-state index in [9.17, 15) is 4.79 Å². The van der Waals surface area contributed by atoms with E-state index in [1.807, 2.05) is 6.07 Å². The van der Waals surface area contributed by atoms with Crippen molar-refractivity contribution in [2.45, 2.75) is 18.9 Å². The van der Waals surface area contributed by atoms with Gasteiger partial charge in [-0.2, -0.15) is 10.2 Å². The molecule has 2 rings (SSSR count). The maximum Gasteiger partial charge on any atom is 0.404 e. The van der Waals surface area contributed by atoms with Crippen molar-refractivity contribution < 1.29 is 9.53 Å². The van der Waals surface area contributed by atoms with Crippen LogP contribution in [0.2, 0.25) is 0 Å². The summed E-state index contributed by atoms with van der Waals surface area (Å²) >= 11 is 0. The number of piperidine rings is 1. The van der Waals surface area contributed by atoms with Crippen molar-refractivity contribution in [2.24, 2.45) is 5.73 Å². The number of aromatic nitrogens is 2. The number of nitrogens with zero attached hydrogens (tertiary/aromatic N) is 3. The number of carbonyl (C=O) groups excluding carboxylic acids is 1. The molecule has 1 aliphatic rings. The second-order valence-electron chi connectivity index (χ2n) is 3.72. The van der Waals surface area contributed by atoms with Gasteiger partial charge in [0.05, 0.1) is 18.1 Å². The Morgan fingerprint density at radius 3 is 2.75 bits per heavy atom. The van der Waals surface area contributed by atoms with Crippen LogP contribution in [-0.2, 0) is 4.74 Å². The highest BCUT2D eigenvalue weighted by atomic mass is 16.6. The minimum atomic E-state index is -0.691. The number of amides is 1. The molecule has 1 fully saturated rings. The molecular formula is C10H14N4O2. The van der Waals surface area contributed by atoms with Crippen molar-refractivity contribution in [2.75, 3.05) is 18.0 Å². The number of nitrogens with two attached hydrogens (primary N) is 1. The second kappa shape index (κ2) is 4.78. The van der Waals surface area contributed by atoms with E-state index in [-0.39, 0.29) is 6.10 Å². The van der Waals surface area contributed by atoms with Crippen molar-refractivity contribution in [3.8, 4) is 0 Å². The lowest BCUT2D eigenvalue weighted by atomic mass is 10.1. The maximum absolute atomic E-state index is 10.6. The van der Waals surface area contributed by atoms with Crippen molar-refractivity contribution in [3.05, 3.63) is 18.5 Å². The average molecular weight is 222 g/mol. The van der Waals surface area contributed by atoms with Crippen LogP contribution in [0.15, 0.2) is 18.5 Å². The average Bonchev–Trinajstić information content (AvgIpc) is 2.30. The molecule has 16 heavy (non-hydrogen) atoms. The SMILES string of the molecule is NC(=O)OC1CCN(c2ccnnc2)CC1. The standard InChI is InChI=1S/C10H14N4O2/c11-10(15)16-9-2-5-14(6-3-9)8-1-4-12-13-7-8/h1,4,7,9H,2-3,5-6H2,(H2,11,15). The first kappa shape index (κ1) is 10.7. The van der Waals surface area contributed by atoms with Crippen LogP contribution in [0, 0.1) is 0 Å². The van der Waals surface area contributed by atoms with Crippen LogP contribution in [0.1, 0.15) is 12.8 Å². The first-order valence-corrected chi connectivity index (χ1v) is 5.23. The van der Waals surface area contributed by atoms with Gasteiger partial charge in [0.2, 0.25) is 0 Å². The van der Waals surface area contributed by atoms with Crippen LogP contribution in [0.25, 0.3) is 0 Å². The Balaban J connectivity index is 1.88. The number of anilines is 1. The lowest BCUT2D eigenvalue weighted by Gasteiger charge is -2.32. The van der Waals surface area contributed by atoms with Gasteiger partial charge in [0.15, 0.2) is 0 Å². The molecule has 1 aromatic heterocycles. The molecule has 0 unspecified atom stereocenters. The number of hydrogen-bond donors (Lipinski definition) is 1. The molecule has 86 valence electrons. The molecule has 0 atom stereocenters. The van der Waals surface area contributed by atoms with Gasteiger partial charge in [-0.05, 0) is 6.07 Å². The van der Waals surface area contributed by atoms with Gasteiger partial charge in [0.1, 0.15) is 6.10 Å². The van der Waals surface area contributed by atoms with Gasteiger partial charge < -0.3 is 15.4 Å². The summed E-state index contributed by atoms with van der Waals surface area (Å²) in [6.07, 6.45) is 4.25. The van der Waals surface area contributed by atoms with Gasteiger partial charge in [-0.1, -0.05) is 0 Å². The monoisotopic (exact) mass is 222 g/mol. The summed E-state index contributed by atoms with van der Waals surface area (Å²) < 4.78 is 4.96. The third kappa shape index (κ3) is 2.59. The highest BCUT2D eigenvalue weighted by Gasteiger charge is 2.21. The third-order valence-electron chi connectivity index (χ3n) is 2.66. The molecule has 0 spiro atoms. The Labute approximate surface area is 93.4 Å². The fourth-order valence-electron chi connectivity index (χ4n) is 1.87. The molecule has 0 saturated carbocycles. The molecule has 1 saturated heterocycles. The van der Waals surface area contributed by atoms with Crippen LogP contribution < -0.4 is 10.6 Å². The molecule has 2 heterocycles. The number of ether oxygens (including phenoxy) is 1. The molecule has 2 N–H and O–H groups in total. The summed E-state index contributed by atoms with van der Waals surface area (Å²) in [6.45, 7) is 1.67. The smallest absolute Gasteiger partial charge is 0.404 e. The Hall–Kier alpha value is -1.85. The van der Waals surface area contributed by atoms with Gasteiger partial charge in [0.25, 0.3) is 0 Å². The van der Waals surface area contributed by atoms with E-state index >= 15 is 0 Å². The van der Waals surface area contributed by atoms with Gasteiger partial charge in [-0.15, -0.1) is 0 Å². The Kier molecular flexibility index (Phi) is 3.19. The molecule has 0 aliphatic carbocycles. The first-order chi connectivity index (χ1) is 7.75. The number of primary amides is 1. The topological polar surface area (TPSA) is 81.3 Å². The van der Waals surface area contributed by atoms with Gasteiger partial charge in [-0.3, -0.25) is 0 Å². The van der Waals surface area contributed by atoms with E-state index in [1.54, 1.807) is 12.4 Å². The lowest BCUT2D eigenvalue weighted by molar-refractivity contribution is 0.0912. The molecule has 1 aromatic rings. The Morgan fingerprint density at radius 1 is 1.44 bits per heavy atom. The van der Waals surface area contributed by atoms with E-state index in [4.69, 9.17) is 10.5 Å². The zero-order valence-electron chi connectivity index (χ0n) is 8.87. The molecular weight excluding hydrogens is 208 g/mol. The quantitative estimate of drug-likeness (QED) is 0.789. The number of rotatable bonds is 2. The normalized spacial score (nSPS) is 17.1. The number of hydrogen-bond acceptors (Lipinski definition) is 5. The van der Waals surface area contributed by atoms with Crippen LogP contribution in [0.5, 0.6) is 0 Å². The van der Waals surface area contributed by atoms with Crippen molar-refractivity contribution in [1.82, 2.24) is 10.2 Å². The number of carbonyl (C=O) groups is 1. The highest BCUT2D eigenvalue weighted by molar-refractivity contribution is 5.64. The summed E-state index contributed by atoms with van der Waals surface area (Å²) in [4.78, 5) is 12.8. The molecule has 6 nitrogen and oxygen atoms in total. The van der Waals surface area contributed by atoms with E-state index in [2.05, 4.69) is 15.1 Å². The van der Waals surface area contributed by atoms with Crippen molar-refractivity contribution in [3.63, 3.8) is 0 Å². The van der Waals surface area contributed by atoms with E-state index in [1.165, 1.54) is 0 Å². The Morgan fingerprint density at radius 2 is 2.19 bits per heavy atom. The molecule has 0 aromatic carbocycles. The van der Waals surface area contributed by atoms with Crippen LogP contribution in [0.3, 0.4) is 0 Å². The summed E-state index contributed by atoms with van der Waals surface area (Å²) in [7, 11) is 0. The predicted octanol–water partition coefficient (Wildman–Crippen LogP) is 0.541. The minimum Gasteiger partial charge on any atom is -0.446 e. The first-order valence-electron chi connectivity index (χ1n) is 5.23. The summed E-state index contributed by atoms with van der Waals surface area (Å²) in [6, 6.07) is 1.92. The molecule has 6 heteroatoms. The van der Waals surface area contributed by atoms with Gasteiger partial charge in [0, 0.05) is 25.9 Å². The second-order valence-corrected chi connectivity index (χ2v) is 3.72. The van der Waals surface area contributed by atoms with Crippen LogP contribution >= 0.6 is 0 Å². The Bertz CT molecular complexity index is 349. The fourth-order valence-corrected chi connectivity index (χ4v) is 1.87. The van der Waals surface area contributed by atoms with E-state index in [0.29, 0.717) is 0 Å². The molecule has 0 radical (unpaired) electrons. The van der Waals surface area contributed by atoms with Crippen LogP contribution in [-0.4, -0.2) is 35.5 Å². The predicted molar refractivity (Wildman–Crippen MR) is 57.9 cm³/mol. The summed E-state index contributed by atoms with van der Waals surface area (Å²) in [5.74, 6) is 0. The van der Waals surface area contributed by atoms with Crippen molar-refractivity contribution in [1.29, 1.82) is 0 Å². The van der Waals surface area contributed by atoms with Crippen molar-refractivity contribution >= 4 is 11.8 Å². The van der Waals surface area contributed by atoms with E-state index < -0.39 is 6.09 Å². The lowest BCUT2D eigenvalue weighted by Crippen LogP contribution is -2.38. The largest absolute Gasteiger partial charge is 0.446 e. The zero-order chi connectivity index (χ0) is 11.4. The zero-order valence-corrected chi connectivity index (χ0v) is 8.87. The summed E-state index contributed by atoms with van der Waals surface area (Å²) in [5, 5.41) is 7.56. The van der Waals surface area contributed by atoms with Crippen LogP contribution in [0.4, 0.5) is 10.5 Å². The molecule has 0 bridgehead atoms. The molecule has 1 aliphatic heterocycles. The van der Waals surface area contributed by atoms with E-state index in [0.717, 1.165) is 31.6 Å². The maximum atomic E-state index is 10.6. The van der Waals surface area contributed by atoms with Gasteiger partial charge >= 0.3 is 6.09 Å². The van der Waals surface area contributed by atoms with Gasteiger partial charge in [-0.25, -0.2) is 4.79 Å². The highest BCUT2D eigenvalue weighted by Crippen LogP contribution is 2.19. The summed E-state index contributed by atoms with van der Waals surface area (Å²) in [5.41, 5.74) is 6.02. The molecule has 1 amide bonds. The third-order valence-corrected chi connectivity index (χ3v) is 2.66.